The minimum Gasteiger partial charge on any atom is -0.296 e. The van der Waals surface area contributed by atoms with E-state index in [1.54, 1.807) is 25.7 Å². The van der Waals surface area contributed by atoms with Gasteiger partial charge in [0.25, 0.3) is 0 Å². The summed E-state index contributed by atoms with van der Waals surface area (Å²) in [6, 6.07) is 0.868. The number of nitrogens with zero attached hydrogens (tertiary/aromatic N) is 1. The third kappa shape index (κ3) is 4.77. The van der Waals surface area contributed by atoms with Gasteiger partial charge >= 0.3 is 0 Å². The largest absolute Gasteiger partial charge is 0.296 e. The first-order chi connectivity index (χ1) is 11.6. The molecule has 0 radical (unpaired) electrons. The zero-order chi connectivity index (χ0) is 17.0. The monoisotopic (exact) mass is 333 g/mol. The number of rotatable bonds is 4. The van der Waals surface area contributed by atoms with Crippen molar-refractivity contribution in [2.24, 2.45) is 17.8 Å². The molecule has 1 atom stereocenters. The molecule has 1 heterocycles. The SMILES string of the molecule is CC(C)(C)N1CCCCC1CC(C1CCCCC1)C1CCCCC1. The van der Waals surface area contributed by atoms with E-state index in [-0.39, 0.29) is 0 Å². The van der Waals surface area contributed by atoms with Crippen molar-refractivity contribution >= 4 is 0 Å². The molecule has 0 aromatic heterocycles. The average Bonchev–Trinajstić information content (AvgIpc) is 2.61. The standard InChI is InChI=1S/C23H43N/c1-23(2,3)24-17-11-10-16-21(24)18-22(19-12-6-4-7-13-19)20-14-8-5-9-15-20/h19-22H,4-18H2,1-3H3. The lowest BCUT2D eigenvalue weighted by molar-refractivity contribution is 0.0161. The zero-order valence-corrected chi connectivity index (χ0v) is 16.9. The summed E-state index contributed by atoms with van der Waals surface area (Å²) in [5.41, 5.74) is 0.356. The Morgan fingerprint density at radius 2 is 1.21 bits per heavy atom. The fourth-order valence-corrected chi connectivity index (χ4v) is 6.34. The summed E-state index contributed by atoms with van der Waals surface area (Å²) < 4.78 is 0. The van der Waals surface area contributed by atoms with Gasteiger partial charge in [-0.1, -0.05) is 70.6 Å². The predicted molar refractivity (Wildman–Crippen MR) is 105 cm³/mol. The van der Waals surface area contributed by atoms with E-state index in [9.17, 15) is 0 Å². The highest BCUT2D eigenvalue weighted by Crippen LogP contribution is 2.44. The molecule has 3 aliphatic rings. The van der Waals surface area contributed by atoms with Crippen molar-refractivity contribution in [3.05, 3.63) is 0 Å². The first kappa shape index (κ1) is 18.7. The van der Waals surface area contributed by atoms with Crippen LogP contribution in [0, 0.1) is 17.8 Å². The molecule has 0 aromatic carbocycles. The molecule has 0 aromatic rings. The van der Waals surface area contributed by atoms with Gasteiger partial charge in [-0.3, -0.25) is 4.90 Å². The van der Waals surface area contributed by atoms with E-state index < -0.39 is 0 Å². The summed E-state index contributed by atoms with van der Waals surface area (Å²) in [5.74, 6) is 3.16. The molecule has 140 valence electrons. The van der Waals surface area contributed by atoms with Gasteiger partial charge in [0.1, 0.15) is 0 Å². The van der Waals surface area contributed by atoms with Crippen LogP contribution in [0.15, 0.2) is 0 Å². The van der Waals surface area contributed by atoms with Crippen LogP contribution in [0.1, 0.15) is 111 Å². The van der Waals surface area contributed by atoms with Gasteiger partial charge in [-0.05, 0) is 64.3 Å². The summed E-state index contributed by atoms with van der Waals surface area (Å²) >= 11 is 0. The summed E-state index contributed by atoms with van der Waals surface area (Å²) in [4.78, 5) is 2.88. The van der Waals surface area contributed by atoms with Crippen LogP contribution in [0.4, 0.5) is 0 Å². The van der Waals surface area contributed by atoms with Crippen molar-refractivity contribution in [1.82, 2.24) is 4.90 Å². The van der Waals surface area contributed by atoms with Gasteiger partial charge in [0.15, 0.2) is 0 Å². The highest BCUT2D eigenvalue weighted by atomic mass is 15.2. The van der Waals surface area contributed by atoms with Crippen LogP contribution >= 0.6 is 0 Å². The fraction of sp³-hybridized carbons (Fsp3) is 1.00. The van der Waals surface area contributed by atoms with E-state index in [0.29, 0.717) is 5.54 Å². The minimum atomic E-state index is 0.356. The van der Waals surface area contributed by atoms with Crippen LogP contribution in [0.25, 0.3) is 0 Å². The smallest absolute Gasteiger partial charge is 0.0127 e. The number of hydrogen-bond acceptors (Lipinski definition) is 1. The van der Waals surface area contributed by atoms with Gasteiger partial charge in [0.05, 0.1) is 0 Å². The molecular weight excluding hydrogens is 290 g/mol. The van der Waals surface area contributed by atoms with Gasteiger partial charge in [-0.15, -0.1) is 0 Å². The number of piperidine rings is 1. The molecule has 1 nitrogen and oxygen atoms in total. The molecule has 0 spiro atoms. The Labute approximate surface area is 152 Å². The van der Waals surface area contributed by atoms with Crippen LogP contribution < -0.4 is 0 Å². The Morgan fingerprint density at radius 1 is 0.708 bits per heavy atom. The zero-order valence-electron chi connectivity index (χ0n) is 16.9. The molecular formula is C23H43N. The van der Waals surface area contributed by atoms with Gasteiger partial charge in [-0.25, -0.2) is 0 Å². The fourth-order valence-electron chi connectivity index (χ4n) is 6.34. The van der Waals surface area contributed by atoms with Crippen molar-refractivity contribution in [2.75, 3.05) is 6.54 Å². The molecule has 0 amide bonds. The van der Waals surface area contributed by atoms with Crippen molar-refractivity contribution in [2.45, 2.75) is 122 Å². The maximum atomic E-state index is 2.88. The quantitative estimate of drug-likeness (QED) is 0.546. The maximum absolute atomic E-state index is 2.88. The Balaban J connectivity index is 1.71. The van der Waals surface area contributed by atoms with Gasteiger partial charge in [0, 0.05) is 11.6 Å². The lowest BCUT2D eigenvalue weighted by Gasteiger charge is -2.48. The minimum absolute atomic E-state index is 0.356. The molecule has 2 saturated carbocycles. The Kier molecular flexibility index (Phi) is 6.69. The van der Waals surface area contributed by atoms with Crippen LogP contribution in [0.2, 0.25) is 0 Å². The highest BCUT2D eigenvalue weighted by molar-refractivity contribution is 4.91. The van der Waals surface area contributed by atoms with Crippen molar-refractivity contribution < 1.29 is 0 Å². The Bertz CT molecular complexity index is 339. The molecule has 3 rings (SSSR count). The highest BCUT2D eigenvalue weighted by Gasteiger charge is 2.37. The van der Waals surface area contributed by atoms with Crippen LogP contribution in [0.3, 0.4) is 0 Å². The average molecular weight is 334 g/mol. The second kappa shape index (κ2) is 8.56. The molecule has 1 unspecified atom stereocenters. The van der Waals surface area contributed by atoms with Gasteiger partial charge in [-0.2, -0.15) is 0 Å². The third-order valence-electron chi connectivity index (χ3n) is 7.54. The lowest BCUT2D eigenvalue weighted by Crippen LogP contribution is -2.52. The molecule has 24 heavy (non-hydrogen) atoms. The number of hydrogen-bond donors (Lipinski definition) is 0. The van der Waals surface area contributed by atoms with E-state index >= 15 is 0 Å². The molecule has 0 N–H and O–H groups in total. The predicted octanol–water partition coefficient (Wildman–Crippen LogP) is 6.81. The molecule has 2 aliphatic carbocycles. The van der Waals surface area contributed by atoms with E-state index in [1.165, 1.54) is 70.8 Å². The maximum Gasteiger partial charge on any atom is 0.0127 e. The second-order valence-corrected chi connectivity index (χ2v) is 10.2. The summed E-state index contributed by atoms with van der Waals surface area (Å²) in [6.45, 7) is 8.68. The molecule has 3 fully saturated rings. The van der Waals surface area contributed by atoms with Crippen molar-refractivity contribution in [3.63, 3.8) is 0 Å². The van der Waals surface area contributed by atoms with Crippen molar-refractivity contribution in [1.29, 1.82) is 0 Å². The first-order valence-electron chi connectivity index (χ1n) is 11.3. The van der Waals surface area contributed by atoms with E-state index in [2.05, 4.69) is 25.7 Å². The van der Waals surface area contributed by atoms with E-state index in [0.717, 1.165) is 23.8 Å². The lowest BCUT2D eigenvalue weighted by atomic mass is 9.67. The normalized spacial score (nSPS) is 29.2. The van der Waals surface area contributed by atoms with Crippen LogP contribution in [-0.2, 0) is 0 Å². The molecule has 1 aliphatic heterocycles. The molecule has 1 heteroatoms. The van der Waals surface area contributed by atoms with E-state index in [1.807, 2.05) is 0 Å². The van der Waals surface area contributed by atoms with Crippen LogP contribution in [-0.4, -0.2) is 23.0 Å². The van der Waals surface area contributed by atoms with Crippen LogP contribution in [0.5, 0.6) is 0 Å². The third-order valence-corrected chi connectivity index (χ3v) is 7.54. The summed E-state index contributed by atoms with van der Waals surface area (Å²) in [6.07, 6.45) is 21.1. The van der Waals surface area contributed by atoms with Gasteiger partial charge in [0.2, 0.25) is 0 Å². The molecule has 0 bridgehead atoms. The second-order valence-electron chi connectivity index (χ2n) is 10.2. The Hall–Kier alpha value is -0.0400. The summed E-state index contributed by atoms with van der Waals surface area (Å²) in [5, 5.41) is 0. The number of likely N-dealkylation sites (tertiary alicyclic amines) is 1. The Morgan fingerprint density at radius 3 is 1.71 bits per heavy atom. The molecule has 1 saturated heterocycles. The topological polar surface area (TPSA) is 3.24 Å². The first-order valence-corrected chi connectivity index (χ1v) is 11.3. The van der Waals surface area contributed by atoms with E-state index in [4.69, 9.17) is 0 Å². The summed E-state index contributed by atoms with van der Waals surface area (Å²) in [7, 11) is 0. The van der Waals surface area contributed by atoms with Crippen molar-refractivity contribution in [3.8, 4) is 0 Å². The van der Waals surface area contributed by atoms with Gasteiger partial charge < -0.3 is 0 Å².